The monoisotopic (exact) mass is 467 g/mol. The number of aliphatic hydroxyl groups excluding tert-OH is 1. The fraction of sp³-hybridized carbons (Fsp3) is 0.609. The third-order valence-corrected chi connectivity index (χ3v) is 5.49. The van der Waals surface area contributed by atoms with Gasteiger partial charge >= 0.3 is 6.09 Å². The maximum Gasteiger partial charge on any atom is 0.410 e. The van der Waals surface area contributed by atoms with E-state index in [4.69, 9.17) is 9.47 Å². The highest BCUT2D eigenvalue weighted by molar-refractivity contribution is 9.10. The van der Waals surface area contributed by atoms with Crippen molar-refractivity contribution in [2.75, 3.05) is 20.2 Å². The van der Waals surface area contributed by atoms with Crippen LogP contribution in [0.25, 0.3) is 5.57 Å². The molecule has 29 heavy (non-hydrogen) atoms. The highest BCUT2D eigenvalue weighted by Gasteiger charge is 2.26. The molecule has 0 radical (unpaired) electrons. The van der Waals surface area contributed by atoms with Gasteiger partial charge in [-0.1, -0.05) is 15.9 Å². The summed E-state index contributed by atoms with van der Waals surface area (Å²) in [6.07, 6.45) is 1.69. The molecule has 1 heterocycles. The summed E-state index contributed by atoms with van der Waals surface area (Å²) in [6, 6.07) is 4.14. The number of amides is 1. The number of nitrogens with zero attached hydrogens (tertiary/aromatic N) is 1. The van der Waals surface area contributed by atoms with Gasteiger partial charge < -0.3 is 19.5 Å². The van der Waals surface area contributed by atoms with Crippen molar-refractivity contribution >= 4 is 27.6 Å². The summed E-state index contributed by atoms with van der Waals surface area (Å²) in [4.78, 5) is 14.3. The Balaban J connectivity index is 2.33. The Morgan fingerprint density at radius 3 is 2.31 bits per heavy atom. The number of hydrogen-bond acceptors (Lipinski definition) is 4. The zero-order valence-corrected chi connectivity index (χ0v) is 20.1. The van der Waals surface area contributed by atoms with Crippen molar-refractivity contribution in [1.29, 1.82) is 0 Å². The van der Waals surface area contributed by atoms with Gasteiger partial charge in [-0.05, 0) is 82.7 Å². The molecule has 1 aliphatic heterocycles. The largest absolute Gasteiger partial charge is 0.501 e. The third kappa shape index (κ3) is 6.48. The molecule has 1 aromatic carbocycles. The number of benzene rings is 1. The van der Waals surface area contributed by atoms with Crippen molar-refractivity contribution in [3.63, 3.8) is 0 Å². The number of methoxy groups -OCH3 is 1. The van der Waals surface area contributed by atoms with Crippen LogP contribution in [0.2, 0.25) is 0 Å². The first-order valence-electron chi connectivity index (χ1n) is 10.2. The van der Waals surface area contributed by atoms with Crippen molar-refractivity contribution in [2.24, 2.45) is 0 Å². The van der Waals surface area contributed by atoms with E-state index in [-0.39, 0.29) is 6.09 Å². The van der Waals surface area contributed by atoms with E-state index in [1.165, 1.54) is 0 Å². The van der Waals surface area contributed by atoms with Crippen molar-refractivity contribution < 1.29 is 19.4 Å². The van der Waals surface area contributed by atoms with Crippen LogP contribution in [0.15, 0.2) is 22.4 Å². The zero-order chi connectivity index (χ0) is 21.8. The summed E-state index contributed by atoms with van der Waals surface area (Å²) in [5.41, 5.74) is 3.62. The molecule has 0 bridgehead atoms. The molecule has 0 spiro atoms. The average Bonchev–Trinajstić information content (AvgIpc) is 2.59. The van der Waals surface area contributed by atoms with Crippen molar-refractivity contribution in [1.82, 2.24) is 4.90 Å². The lowest BCUT2D eigenvalue weighted by molar-refractivity contribution is 0.0236. The smallest absolute Gasteiger partial charge is 0.410 e. The molecule has 2 rings (SSSR count). The lowest BCUT2D eigenvalue weighted by Gasteiger charge is -2.30. The molecule has 1 amide bonds. The molecule has 6 heteroatoms. The molecule has 0 aliphatic carbocycles. The van der Waals surface area contributed by atoms with E-state index >= 15 is 0 Å². The van der Waals surface area contributed by atoms with Gasteiger partial charge in [-0.25, -0.2) is 4.79 Å². The van der Waals surface area contributed by atoms with Gasteiger partial charge in [0.1, 0.15) is 11.4 Å². The van der Waals surface area contributed by atoms with Gasteiger partial charge in [0.05, 0.1) is 13.2 Å². The van der Waals surface area contributed by atoms with Crippen LogP contribution in [0, 0.1) is 13.8 Å². The Morgan fingerprint density at radius 2 is 1.76 bits per heavy atom. The molecule has 1 unspecified atom stereocenters. The number of hydrogen-bond donors (Lipinski definition) is 1. The first kappa shape index (κ1) is 23.7. The van der Waals surface area contributed by atoms with Gasteiger partial charge in [0.2, 0.25) is 0 Å². The second-order valence-electron chi connectivity index (χ2n) is 8.68. The summed E-state index contributed by atoms with van der Waals surface area (Å²) >= 11 is 3.55. The Labute approximate surface area is 183 Å². The molecule has 0 aromatic heterocycles. The summed E-state index contributed by atoms with van der Waals surface area (Å²) in [5.74, 6) is 0.789. The van der Waals surface area contributed by atoms with E-state index in [0.29, 0.717) is 32.4 Å². The fourth-order valence-electron chi connectivity index (χ4n) is 3.85. The number of ether oxygens (including phenoxy) is 2. The molecule has 1 aromatic rings. The summed E-state index contributed by atoms with van der Waals surface area (Å²) < 4.78 is 12.3. The van der Waals surface area contributed by atoms with E-state index in [2.05, 4.69) is 41.9 Å². The Bertz CT molecular complexity index is 744. The number of allylic oxidation sites excluding steroid dienone is 1. The number of halogens is 1. The maximum absolute atomic E-state index is 12.5. The van der Waals surface area contributed by atoms with E-state index in [9.17, 15) is 9.90 Å². The molecule has 162 valence electrons. The number of aliphatic hydroxyl groups is 1. The minimum Gasteiger partial charge on any atom is -0.501 e. The predicted molar refractivity (Wildman–Crippen MR) is 120 cm³/mol. The normalized spacial score (nSPS) is 21.7. The molecular formula is C23H34BrNO4. The van der Waals surface area contributed by atoms with Crippen LogP contribution < -0.4 is 0 Å². The van der Waals surface area contributed by atoms with Crippen LogP contribution in [0.5, 0.6) is 0 Å². The summed E-state index contributed by atoms with van der Waals surface area (Å²) in [7, 11) is 1.66. The van der Waals surface area contributed by atoms with Crippen LogP contribution in [-0.2, 0) is 9.47 Å². The molecular weight excluding hydrogens is 434 g/mol. The first-order chi connectivity index (χ1) is 13.5. The van der Waals surface area contributed by atoms with Crippen molar-refractivity contribution in [3.8, 4) is 0 Å². The number of carbonyl (C=O) groups excluding carboxylic acids is 1. The lowest BCUT2D eigenvalue weighted by atomic mass is 9.88. The van der Waals surface area contributed by atoms with Gasteiger partial charge in [-0.3, -0.25) is 0 Å². The van der Waals surface area contributed by atoms with Crippen molar-refractivity contribution in [3.05, 3.63) is 39.1 Å². The van der Waals surface area contributed by atoms with Crippen LogP contribution in [0.3, 0.4) is 0 Å². The first-order valence-corrected chi connectivity index (χ1v) is 11.0. The second kappa shape index (κ2) is 9.98. The minimum atomic E-state index is -0.651. The molecule has 0 saturated heterocycles. The van der Waals surface area contributed by atoms with Crippen LogP contribution in [-0.4, -0.2) is 48.0 Å². The number of aryl methyl sites for hydroxylation is 2. The molecule has 1 aliphatic rings. The number of carbonyl (C=O) groups is 1. The second-order valence-corrected chi connectivity index (χ2v) is 9.60. The van der Waals surface area contributed by atoms with Gasteiger partial charge in [0.15, 0.2) is 0 Å². The Morgan fingerprint density at radius 1 is 1.17 bits per heavy atom. The molecule has 5 nitrogen and oxygen atoms in total. The Hall–Kier alpha value is -1.53. The van der Waals surface area contributed by atoms with E-state index in [1.807, 2.05) is 20.8 Å². The maximum atomic E-state index is 12.5. The third-order valence-electron chi connectivity index (χ3n) is 5.04. The van der Waals surface area contributed by atoms with Gasteiger partial charge in [0, 0.05) is 29.6 Å². The van der Waals surface area contributed by atoms with E-state index in [1.54, 1.807) is 12.0 Å². The van der Waals surface area contributed by atoms with Crippen LogP contribution in [0.4, 0.5) is 4.79 Å². The number of rotatable bonds is 2. The standard InChI is InChI=1S/C23H34BrNO4/c1-15-13-17(24)14-16(2)20(15)21-18(26)9-7-11-25(12-8-10-19(21)28-6)22(27)29-23(3,4)5/h13-14,18,26H,7-12H2,1-6H3/b21-19-. The van der Waals surface area contributed by atoms with Crippen LogP contribution in [0.1, 0.15) is 63.1 Å². The average molecular weight is 468 g/mol. The summed E-state index contributed by atoms with van der Waals surface area (Å²) in [5, 5.41) is 11.1. The zero-order valence-electron chi connectivity index (χ0n) is 18.5. The highest BCUT2D eigenvalue weighted by Crippen LogP contribution is 2.34. The van der Waals surface area contributed by atoms with E-state index < -0.39 is 11.7 Å². The van der Waals surface area contributed by atoms with Gasteiger partial charge in [-0.15, -0.1) is 0 Å². The molecule has 1 N–H and O–H groups in total. The Kier molecular flexibility index (Phi) is 8.18. The molecule has 0 saturated carbocycles. The molecule has 1 atom stereocenters. The predicted octanol–water partition coefficient (Wildman–Crippen LogP) is 5.60. The van der Waals surface area contributed by atoms with Crippen LogP contribution >= 0.6 is 15.9 Å². The fourth-order valence-corrected chi connectivity index (χ4v) is 4.53. The SMILES string of the molecule is CO/C1=C(\c2c(C)cc(Br)cc2C)C(O)CCCN(C(=O)OC(C)(C)C)CCC1. The molecule has 0 fully saturated rings. The minimum absolute atomic E-state index is 0.296. The van der Waals surface area contributed by atoms with Gasteiger partial charge in [0.25, 0.3) is 0 Å². The van der Waals surface area contributed by atoms with Crippen molar-refractivity contribution in [2.45, 2.75) is 72.0 Å². The van der Waals surface area contributed by atoms with E-state index in [0.717, 1.165) is 38.9 Å². The quantitative estimate of drug-likeness (QED) is 0.614. The van der Waals surface area contributed by atoms with Gasteiger partial charge in [-0.2, -0.15) is 0 Å². The highest BCUT2D eigenvalue weighted by atomic mass is 79.9. The topological polar surface area (TPSA) is 59.0 Å². The summed E-state index contributed by atoms with van der Waals surface area (Å²) in [6.45, 7) is 10.9. The lowest BCUT2D eigenvalue weighted by Crippen LogP contribution is -2.38.